The fraction of sp³-hybridized carbons (Fsp3) is 1.00. The Kier molecular flexibility index (Phi) is 1.69. The molecular formula is C9H18N2. The molecule has 2 nitrogen and oxygen atoms in total. The Hall–Kier alpha value is -0.0800. The van der Waals surface area contributed by atoms with Crippen molar-refractivity contribution in [1.82, 2.24) is 4.90 Å². The Morgan fingerprint density at radius 2 is 2.00 bits per heavy atom. The molecule has 0 bridgehead atoms. The van der Waals surface area contributed by atoms with Crippen molar-refractivity contribution in [2.45, 2.75) is 32.4 Å². The smallest absolute Gasteiger partial charge is 0.0127 e. The molecule has 11 heavy (non-hydrogen) atoms. The van der Waals surface area contributed by atoms with Crippen LogP contribution in [-0.2, 0) is 0 Å². The standard InChI is InChI=1S/C9H18N2/c1-3-6(2)11-4-7-8(5-11)9(7)10/h6-9H,3-5,10H2,1-2H3/t6?,7-,8+,9?. The fourth-order valence-electron chi connectivity index (χ4n) is 2.22. The number of fused-ring (bicyclic) bond motifs is 1. The van der Waals surface area contributed by atoms with E-state index in [9.17, 15) is 0 Å². The molecule has 1 saturated carbocycles. The summed E-state index contributed by atoms with van der Waals surface area (Å²) in [5, 5.41) is 0. The van der Waals surface area contributed by atoms with Crippen LogP contribution in [0.2, 0.25) is 0 Å². The molecule has 2 rings (SSSR count). The normalized spacial score (nSPS) is 45.5. The largest absolute Gasteiger partial charge is 0.327 e. The lowest BCUT2D eigenvalue weighted by atomic mass is 10.2. The molecule has 0 aromatic heterocycles. The number of likely N-dealkylation sites (tertiary alicyclic amines) is 1. The summed E-state index contributed by atoms with van der Waals surface area (Å²) in [6, 6.07) is 1.32. The van der Waals surface area contributed by atoms with E-state index in [-0.39, 0.29) is 0 Å². The predicted octanol–water partition coefficient (Wildman–Crippen LogP) is 0.674. The Labute approximate surface area is 68.7 Å². The lowest BCUT2D eigenvalue weighted by Crippen LogP contribution is -2.35. The third-order valence-electron chi connectivity index (χ3n) is 3.50. The van der Waals surface area contributed by atoms with E-state index < -0.39 is 0 Å². The molecule has 2 unspecified atom stereocenters. The molecule has 2 heteroatoms. The molecule has 1 saturated heterocycles. The van der Waals surface area contributed by atoms with Crippen molar-refractivity contribution >= 4 is 0 Å². The molecule has 1 aliphatic heterocycles. The molecule has 64 valence electrons. The summed E-state index contributed by atoms with van der Waals surface area (Å²) in [6.07, 6.45) is 1.27. The molecule has 2 fully saturated rings. The van der Waals surface area contributed by atoms with E-state index in [1.807, 2.05) is 0 Å². The van der Waals surface area contributed by atoms with Crippen molar-refractivity contribution in [2.24, 2.45) is 17.6 Å². The summed E-state index contributed by atoms with van der Waals surface area (Å²) in [5.41, 5.74) is 5.85. The molecule has 1 aliphatic carbocycles. The zero-order valence-electron chi connectivity index (χ0n) is 7.46. The number of piperidine rings is 1. The third-order valence-corrected chi connectivity index (χ3v) is 3.50. The zero-order chi connectivity index (χ0) is 8.01. The maximum Gasteiger partial charge on any atom is 0.0127 e. The van der Waals surface area contributed by atoms with E-state index in [2.05, 4.69) is 18.7 Å². The topological polar surface area (TPSA) is 29.3 Å². The Morgan fingerprint density at radius 3 is 2.45 bits per heavy atom. The summed E-state index contributed by atoms with van der Waals surface area (Å²) in [4.78, 5) is 2.58. The van der Waals surface area contributed by atoms with Gasteiger partial charge in [-0.1, -0.05) is 6.92 Å². The minimum absolute atomic E-state index is 0.551. The van der Waals surface area contributed by atoms with Gasteiger partial charge in [-0.3, -0.25) is 4.90 Å². The molecule has 1 heterocycles. The second-order valence-electron chi connectivity index (χ2n) is 4.12. The molecule has 2 aliphatic rings. The first-order valence-electron chi connectivity index (χ1n) is 4.73. The number of hydrogen-bond acceptors (Lipinski definition) is 2. The maximum absolute atomic E-state index is 5.85. The van der Waals surface area contributed by atoms with Gasteiger partial charge in [-0.2, -0.15) is 0 Å². The first-order valence-corrected chi connectivity index (χ1v) is 4.73. The van der Waals surface area contributed by atoms with Gasteiger partial charge >= 0.3 is 0 Å². The molecule has 2 N–H and O–H groups in total. The maximum atomic E-state index is 5.85. The molecule has 0 aromatic carbocycles. The van der Waals surface area contributed by atoms with Crippen molar-refractivity contribution in [1.29, 1.82) is 0 Å². The summed E-state index contributed by atoms with van der Waals surface area (Å²) in [7, 11) is 0. The van der Waals surface area contributed by atoms with Crippen molar-refractivity contribution in [3.05, 3.63) is 0 Å². The highest BCUT2D eigenvalue weighted by Crippen LogP contribution is 2.44. The van der Waals surface area contributed by atoms with Crippen LogP contribution in [0.1, 0.15) is 20.3 Å². The number of rotatable bonds is 2. The van der Waals surface area contributed by atoms with Gasteiger partial charge in [-0.05, 0) is 25.2 Å². The van der Waals surface area contributed by atoms with E-state index >= 15 is 0 Å². The van der Waals surface area contributed by atoms with Crippen molar-refractivity contribution in [3.63, 3.8) is 0 Å². The van der Waals surface area contributed by atoms with Gasteiger partial charge in [0.1, 0.15) is 0 Å². The third kappa shape index (κ3) is 1.09. The van der Waals surface area contributed by atoms with Crippen LogP contribution >= 0.6 is 0 Å². The minimum Gasteiger partial charge on any atom is -0.327 e. The number of nitrogens with two attached hydrogens (primary N) is 1. The van der Waals surface area contributed by atoms with E-state index in [1.54, 1.807) is 0 Å². The predicted molar refractivity (Wildman–Crippen MR) is 46.3 cm³/mol. The van der Waals surface area contributed by atoms with Gasteiger partial charge in [0.05, 0.1) is 0 Å². The first-order chi connectivity index (χ1) is 5.24. The van der Waals surface area contributed by atoms with Gasteiger partial charge in [0.25, 0.3) is 0 Å². The monoisotopic (exact) mass is 154 g/mol. The fourth-order valence-corrected chi connectivity index (χ4v) is 2.22. The van der Waals surface area contributed by atoms with Crippen LogP contribution in [0.25, 0.3) is 0 Å². The average Bonchev–Trinajstić information content (AvgIpc) is 2.55. The first kappa shape index (κ1) is 7.56. The van der Waals surface area contributed by atoms with Gasteiger partial charge in [-0.15, -0.1) is 0 Å². The van der Waals surface area contributed by atoms with Crippen LogP contribution in [0, 0.1) is 11.8 Å². The highest BCUT2D eigenvalue weighted by molar-refractivity contribution is 5.08. The van der Waals surface area contributed by atoms with Crippen LogP contribution in [0.4, 0.5) is 0 Å². The van der Waals surface area contributed by atoms with Gasteiger partial charge in [0.2, 0.25) is 0 Å². The van der Waals surface area contributed by atoms with Crippen molar-refractivity contribution in [3.8, 4) is 0 Å². The molecular weight excluding hydrogens is 136 g/mol. The van der Waals surface area contributed by atoms with Crippen LogP contribution in [-0.4, -0.2) is 30.1 Å². The number of nitrogens with zero attached hydrogens (tertiary/aromatic N) is 1. The van der Waals surface area contributed by atoms with Gasteiger partial charge < -0.3 is 5.73 Å². The van der Waals surface area contributed by atoms with Crippen LogP contribution in [0.5, 0.6) is 0 Å². The Bertz CT molecular complexity index is 146. The summed E-state index contributed by atoms with van der Waals surface area (Å²) in [6.45, 7) is 7.10. The quantitative estimate of drug-likeness (QED) is 0.633. The SMILES string of the molecule is CCC(C)N1C[C@@H]2C(N)[C@@H]2C1. The highest BCUT2D eigenvalue weighted by Gasteiger charge is 2.53. The molecule has 4 atom stereocenters. The van der Waals surface area contributed by atoms with E-state index in [0.717, 1.165) is 17.9 Å². The summed E-state index contributed by atoms with van der Waals surface area (Å²) >= 11 is 0. The van der Waals surface area contributed by atoms with Gasteiger partial charge in [-0.25, -0.2) is 0 Å². The summed E-state index contributed by atoms with van der Waals surface area (Å²) < 4.78 is 0. The molecule has 0 radical (unpaired) electrons. The Morgan fingerprint density at radius 1 is 1.45 bits per heavy atom. The van der Waals surface area contributed by atoms with E-state index in [1.165, 1.54) is 19.5 Å². The minimum atomic E-state index is 0.551. The average molecular weight is 154 g/mol. The lowest BCUT2D eigenvalue weighted by molar-refractivity contribution is 0.224. The molecule has 0 spiro atoms. The van der Waals surface area contributed by atoms with Gasteiger partial charge in [0, 0.05) is 25.2 Å². The Balaban J connectivity index is 1.85. The van der Waals surface area contributed by atoms with Gasteiger partial charge in [0.15, 0.2) is 0 Å². The second kappa shape index (κ2) is 2.46. The highest BCUT2D eigenvalue weighted by atomic mass is 15.2. The van der Waals surface area contributed by atoms with Crippen LogP contribution in [0.15, 0.2) is 0 Å². The van der Waals surface area contributed by atoms with E-state index in [4.69, 9.17) is 5.73 Å². The second-order valence-corrected chi connectivity index (χ2v) is 4.12. The van der Waals surface area contributed by atoms with Crippen LogP contribution in [0.3, 0.4) is 0 Å². The lowest BCUT2D eigenvalue weighted by Gasteiger charge is -2.24. The van der Waals surface area contributed by atoms with Crippen molar-refractivity contribution in [2.75, 3.05) is 13.1 Å². The molecule has 0 amide bonds. The van der Waals surface area contributed by atoms with E-state index in [0.29, 0.717) is 6.04 Å². The summed E-state index contributed by atoms with van der Waals surface area (Å²) in [5.74, 6) is 1.70. The number of hydrogen-bond donors (Lipinski definition) is 1. The zero-order valence-corrected chi connectivity index (χ0v) is 7.46. The molecule has 0 aromatic rings. The van der Waals surface area contributed by atoms with Crippen molar-refractivity contribution < 1.29 is 0 Å². The van der Waals surface area contributed by atoms with Crippen LogP contribution < -0.4 is 5.73 Å².